The molecule has 4 heteroatoms. The van der Waals surface area contributed by atoms with Crippen LogP contribution in [0.4, 0.5) is 0 Å². The van der Waals surface area contributed by atoms with Crippen LogP contribution in [0.15, 0.2) is 42.5 Å². The zero-order valence-corrected chi connectivity index (χ0v) is 10.8. The van der Waals surface area contributed by atoms with E-state index < -0.39 is 5.92 Å². The Labute approximate surface area is 116 Å². The van der Waals surface area contributed by atoms with Crippen LogP contribution in [0.1, 0.15) is 17.0 Å². The van der Waals surface area contributed by atoms with Gasteiger partial charge < -0.3 is 10.2 Å². The monoisotopic (exact) mass is 273 g/mol. The van der Waals surface area contributed by atoms with E-state index >= 15 is 0 Å². The zero-order chi connectivity index (χ0) is 13.8. The summed E-state index contributed by atoms with van der Waals surface area (Å²) in [5.41, 5.74) is 1.63. The van der Waals surface area contributed by atoms with Crippen LogP contribution in [0.2, 0.25) is 5.02 Å². The Balaban J connectivity index is 2.25. The Bertz CT molecular complexity index is 617. The number of aromatic hydroxyl groups is 2. The Morgan fingerprint density at radius 2 is 1.68 bits per heavy atom. The van der Waals surface area contributed by atoms with Gasteiger partial charge in [-0.1, -0.05) is 29.8 Å². The van der Waals surface area contributed by atoms with Gasteiger partial charge in [0, 0.05) is 5.02 Å². The van der Waals surface area contributed by atoms with Crippen molar-refractivity contribution >= 4 is 11.6 Å². The fraction of sp³-hybridized carbons (Fsp3) is 0.133. The first-order chi connectivity index (χ1) is 9.10. The molecule has 0 saturated carbocycles. The van der Waals surface area contributed by atoms with Crippen molar-refractivity contribution in [2.24, 2.45) is 0 Å². The third-order valence-corrected chi connectivity index (χ3v) is 3.22. The van der Waals surface area contributed by atoms with Gasteiger partial charge in [0.05, 0.1) is 12.0 Å². The highest BCUT2D eigenvalue weighted by Crippen LogP contribution is 2.30. The van der Waals surface area contributed by atoms with Gasteiger partial charge in [-0.3, -0.25) is 0 Å². The van der Waals surface area contributed by atoms with E-state index in [1.807, 2.05) is 0 Å². The molecule has 2 aromatic rings. The molecule has 3 nitrogen and oxygen atoms in total. The van der Waals surface area contributed by atoms with E-state index in [1.165, 1.54) is 12.1 Å². The highest BCUT2D eigenvalue weighted by molar-refractivity contribution is 6.31. The Morgan fingerprint density at radius 3 is 2.26 bits per heavy atom. The highest BCUT2D eigenvalue weighted by Gasteiger charge is 2.15. The molecular formula is C15H12ClNO2. The summed E-state index contributed by atoms with van der Waals surface area (Å²) in [4.78, 5) is 0. The quantitative estimate of drug-likeness (QED) is 0.898. The molecule has 0 unspecified atom stereocenters. The number of phenols is 2. The third kappa shape index (κ3) is 3.18. The average molecular weight is 274 g/mol. The largest absolute Gasteiger partial charge is 0.508 e. The average Bonchev–Trinajstić information content (AvgIpc) is 2.39. The van der Waals surface area contributed by atoms with Gasteiger partial charge in [0.2, 0.25) is 0 Å². The summed E-state index contributed by atoms with van der Waals surface area (Å²) >= 11 is 6.04. The Kier molecular flexibility index (Phi) is 3.94. The van der Waals surface area contributed by atoms with Crippen LogP contribution in [0.3, 0.4) is 0 Å². The third-order valence-electron chi connectivity index (χ3n) is 2.89. The van der Waals surface area contributed by atoms with Crippen molar-refractivity contribution in [2.75, 3.05) is 0 Å². The molecule has 2 N–H and O–H groups in total. The summed E-state index contributed by atoms with van der Waals surface area (Å²) in [6.07, 6.45) is 0.501. The molecule has 0 radical (unpaired) electrons. The van der Waals surface area contributed by atoms with E-state index in [2.05, 4.69) is 6.07 Å². The minimum atomic E-state index is -0.391. The van der Waals surface area contributed by atoms with Gasteiger partial charge in [-0.2, -0.15) is 5.26 Å². The number of hydrogen-bond acceptors (Lipinski definition) is 3. The van der Waals surface area contributed by atoms with Crippen LogP contribution in [-0.2, 0) is 6.42 Å². The van der Waals surface area contributed by atoms with Crippen molar-refractivity contribution in [3.8, 4) is 17.6 Å². The lowest BCUT2D eigenvalue weighted by atomic mass is 9.93. The maximum atomic E-state index is 9.32. The molecule has 0 heterocycles. The van der Waals surface area contributed by atoms with E-state index in [-0.39, 0.29) is 11.5 Å². The minimum Gasteiger partial charge on any atom is -0.508 e. The van der Waals surface area contributed by atoms with Crippen LogP contribution >= 0.6 is 11.6 Å². The van der Waals surface area contributed by atoms with Gasteiger partial charge in [0.25, 0.3) is 0 Å². The first-order valence-corrected chi connectivity index (χ1v) is 6.14. The van der Waals surface area contributed by atoms with Crippen LogP contribution in [0, 0.1) is 11.3 Å². The predicted molar refractivity (Wildman–Crippen MR) is 73.3 cm³/mol. The van der Waals surface area contributed by atoms with Crippen molar-refractivity contribution < 1.29 is 10.2 Å². The molecule has 0 aliphatic rings. The molecule has 0 amide bonds. The molecule has 0 spiro atoms. The highest BCUT2D eigenvalue weighted by atomic mass is 35.5. The Morgan fingerprint density at radius 1 is 1.05 bits per heavy atom. The summed E-state index contributed by atoms with van der Waals surface area (Å²) < 4.78 is 0. The summed E-state index contributed by atoms with van der Waals surface area (Å²) in [7, 11) is 0. The molecule has 96 valence electrons. The fourth-order valence-electron chi connectivity index (χ4n) is 1.89. The first kappa shape index (κ1) is 13.3. The summed E-state index contributed by atoms with van der Waals surface area (Å²) in [5.74, 6) is -0.118. The second kappa shape index (κ2) is 5.64. The zero-order valence-electron chi connectivity index (χ0n) is 10.0. The normalized spacial score (nSPS) is 11.8. The number of hydrogen-bond donors (Lipinski definition) is 2. The Hall–Kier alpha value is -2.18. The van der Waals surface area contributed by atoms with E-state index in [1.54, 1.807) is 30.3 Å². The molecule has 2 rings (SSSR count). The molecule has 0 aliphatic carbocycles. The molecule has 1 atom stereocenters. The summed E-state index contributed by atoms with van der Waals surface area (Å²) in [5, 5.41) is 28.2. The number of benzene rings is 2. The number of nitriles is 1. The molecule has 2 aromatic carbocycles. The number of nitrogens with zero attached hydrogens (tertiary/aromatic N) is 1. The molecule has 0 bridgehead atoms. The van der Waals surface area contributed by atoms with Crippen molar-refractivity contribution in [3.63, 3.8) is 0 Å². The van der Waals surface area contributed by atoms with E-state index in [4.69, 9.17) is 11.6 Å². The number of phenolic OH excluding ortho intramolecular Hbond substituents is 2. The lowest BCUT2D eigenvalue weighted by molar-refractivity contribution is 0.474. The van der Waals surface area contributed by atoms with Crippen LogP contribution in [-0.4, -0.2) is 10.2 Å². The van der Waals surface area contributed by atoms with Gasteiger partial charge in [-0.05, 0) is 41.8 Å². The second-order valence-corrected chi connectivity index (χ2v) is 4.67. The molecular weight excluding hydrogens is 262 g/mol. The number of rotatable bonds is 3. The topological polar surface area (TPSA) is 64.2 Å². The van der Waals surface area contributed by atoms with Crippen molar-refractivity contribution in [2.45, 2.75) is 12.3 Å². The molecule has 0 fully saturated rings. The second-order valence-electron chi connectivity index (χ2n) is 4.26. The van der Waals surface area contributed by atoms with Crippen LogP contribution in [0.25, 0.3) is 0 Å². The minimum absolute atomic E-state index is 0.0788. The summed E-state index contributed by atoms with van der Waals surface area (Å²) in [6, 6.07) is 13.5. The van der Waals surface area contributed by atoms with E-state index in [0.717, 1.165) is 5.56 Å². The standard InChI is InChI=1S/C15H12ClNO2/c16-15-8-13(19)5-6-14(15)11(9-17)7-10-1-3-12(18)4-2-10/h1-6,8,11,18-19H,7H2/t11-/m0/s1. The van der Waals surface area contributed by atoms with Gasteiger partial charge in [-0.15, -0.1) is 0 Å². The molecule has 19 heavy (non-hydrogen) atoms. The van der Waals surface area contributed by atoms with Gasteiger partial charge >= 0.3 is 0 Å². The van der Waals surface area contributed by atoms with Crippen molar-refractivity contribution in [1.29, 1.82) is 5.26 Å². The predicted octanol–water partition coefficient (Wildman–Crippen LogP) is 3.60. The lowest BCUT2D eigenvalue weighted by Crippen LogP contribution is -2.01. The number of halogens is 1. The van der Waals surface area contributed by atoms with Crippen LogP contribution in [0.5, 0.6) is 11.5 Å². The molecule has 0 aliphatic heterocycles. The summed E-state index contributed by atoms with van der Waals surface area (Å²) in [6.45, 7) is 0. The molecule has 0 aromatic heterocycles. The fourth-order valence-corrected chi connectivity index (χ4v) is 2.20. The van der Waals surface area contributed by atoms with Crippen LogP contribution < -0.4 is 0 Å². The maximum Gasteiger partial charge on any atom is 0.117 e. The maximum absolute atomic E-state index is 9.32. The smallest absolute Gasteiger partial charge is 0.117 e. The van der Waals surface area contributed by atoms with Gasteiger partial charge in [0.1, 0.15) is 11.5 Å². The van der Waals surface area contributed by atoms with Crippen molar-refractivity contribution in [1.82, 2.24) is 0 Å². The van der Waals surface area contributed by atoms with E-state index in [0.29, 0.717) is 17.0 Å². The first-order valence-electron chi connectivity index (χ1n) is 5.76. The lowest BCUT2D eigenvalue weighted by Gasteiger charge is -2.11. The van der Waals surface area contributed by atoms with Crippen molar-refractivity contribution in [3.05, 3.63) is 58.6 Å². The SMILES string of the molecule is N#C[C@H](Cc1ccc(O)cc1)c1ccc(O)cc1Cl. The van der Waals surface area contributed by atoms with Gasteiger partial charge in [0.15, 0.2) is 0 Å². The molecule has 0 saturated heterocycles. The van der Waals surface area contributed by atoms with Gasteiger partial charge in [-0.25, -0.2) is 0 Å². The van der Waals surface area contributed by atoms with E-state index in [9.17, 15) is 15.5 Å².